The summed E-state index contributed by atoms with van der Waals surface area (Å²) < 4.78 is 28.7. The first kappa shape index (κ1) is 19.5. The Kier molecular flexibility index (Phi) is 5.00. The first-order chi connectivity index (χ1) is 14.5. The highest BCUT2D eigenvalue weighted by molar-refractivity contribution is 7.15. The van der Waals surface area contributed by atoms with Gasteiger partial charge >= 0.3 is 0 Å². The maximum absolute atomic E-state index is 14.3. The minimum atomic E-state index is -2.72. The lowest BCUT2D eigenvalue weighted by Gasteiger charge is -2.35. The molecule has 1 aliphatic carbocycles. The molecule has 0 amide bonds. The molecule has 6 nitrogen and oxygen atoms in total. The number of hydrogen-bond donors (Lipinski definition) is 1. The second kappa shape index (κ2) is 7.68. The highest BCUT2D eigenvalue weighted by Crippen LogP contribution is 2.45. The van der Waals surface area contributed by atoms with E-state index in [9.17, 15) is 8.78 Å². The molecule has 9 heteroatoms. The van der Waals surface area contributed by atoms with Crippen LogP contribution in [0.2, 0.25) is 0 Å². The van der Waals surface area contributed by atoms with Crippen molar-refractivity contribution in [3.63, 3.8) is 0 Å². The van der Waals surface area contributed by atoms with Crippen molar-refractivity contribution in [2.45, 2.75) is 57.8 Å². The topological polar surface area (TPSA) is 70.6 Å². The van der Waals surface area contributed by atoms with Crippen LogP contribution in [0.25, 0.3) is 21.8 Å². The van der Waals surface area contributed by atoms with Crippen molar-refractivity contribution < 1.29 is 8.78 Å². The number of anilines is 1. The van der Waals surface area contributed by atoms with Crippen molar-refractivity contribution in [3.05, 3.63) is 28.3 Å². The number of halogens is 2. The Balaban J connectivity index is 1.79. The van der Waals surface area contributed by atoms with Gasteiger partial charge in [0.1, 0.15) is 5.82 Å². The average molecular weight is 431 g/mol. The van der Waals surface area contributed by atoms with E-state index in [0.29, 0.717) is 24.6 Å². The van der Waals surface area contributed by atoms with Gasteiger partial charge in [0.25, 0.3) is 5.92 Å². The number of tetrazole rings is 1. The number of rotatable bonds is 3. The quantitative estimate of drug-likeness (QED) is 0.604. The van der Waals surface area contributed by atoms with Crippen LogP contribution in [0.4, 0.5) is 14.6 Å². The first-order valence-electron chi connectivity index (χ1n) is 10.5. The fourth-order valence-electron chi connectivity index (χ4n) is 4.60. The Bertz CT molecular complexity index is 1050. The lowest BCUT2D eigenvalue weighted by atomic mass is 9.94. The summed E-state index contributed by atoms with van der Waals surface area (Å²) in [6.45, 7) is 2.30. The van der Waals surface area contributed by atoms with Crippen LogP contribution in [-0.4, -0.2) is 44.6 Å². The molecule has 0 saturated carbocycles. The summed E-state index contributed by atoms with van der Waals surface area (Å²) in [6.07, 6.45) is 5.47. The van der Waals surface area contributed by atoms with E-state index in [2.05, 4.69) is 39.7 Å². The van der Waals surface area contributed by atoms with Crippen LogP contribution < -0.4 is 4.90 Å². The number of aromatic nitrogens is 5. The van der Waals surface area contributed by atoms with E-state index >= 15 is 0 Å². The molecular weight excluding hydrogens is 406 g/mol. The van der Waals surface area contributed by atoms with Crippen molar-refractivity contribution in [1.29, 1.82) is 0 Å². The Morgan fingerprint density at radius 2 is 1.97 bits per heavy atom. The Morgan fingerprint density at radius 3 is 2.70 bits per heavy atom. The predicted molar refractivity (Wildman–Crippen MR) is 113 cm³/mol. The molecule has 5 rings (SSSR count). The number of aryl methyl sites for hydroxylation is 2. The summed E-state index contributed by atoms with van der Waals surface area (Å²) in [5.74, 6) is -1.74. The van der Waals surface area contributed by atoms with Crippen LogP contribution in [0.3, 0.4) is 0 Å². The normalized spacial score (nSPS) is 18.8. The summed E-state index contributed by atoms with van der Waals surface area (Å²) in [5, 5.41) is 14.8. The number of aromatic amines is 1. The van der Waals surface area contributed by atoms with E-state index in [1.54, 1.807) is 16.2 Å². The zero-order valence-corrected chi connectivity index (χ0v) is 17.7. The van der Waals surface area contributed by atoms with Gasteiger partial charge in [-0.1, -0.05) is 6.42 Å². The predicted octanol–water partition coefficient (Wildman–Crippen LogP) is 4.80. The molecule has 2 aliphatic rings. The molecule has 1 saturated heterocycles. The van der Waals surface area contributed by atoms with E-state index in [1.807, 2.05) is 0 Å². The second-order valence-electron chi connectivity index (χ2n) is 8.20. The van der Waals surface area contributed by atoms with Gasteiger partial charge in [-0.2, -0.15) is 5.21 Å². The van der Waals surface area contributed by atoms with Gasteiger partial charge in [0.15, 0.2) is 0 Å². The molecular formula is C21H24F2N6S. The Morgan fingerprint density at radius 1 is 1.10 bits per heavy atom. The standard InChI is InChI=1S/C21H24F2N6S/c1-13-8-9-16(30-13)17-14-6-3-2-4-7-15(14)24-20(18(17)19-25-27-28-26-19)29-11-5-10-21(22,23)12-29/h8-9H,2-7,10-12H2,1H3,(H,25,26,27,28). The van der Waals surface area contributed by atoms with Crippen LogP contribution >= 0.6 is 11.3 Å². The number of piperidine rings is 1. The monoisotopic (exact) mass is 430 g/mol. The number of hydrogen-bond acceptors (Lipinski definition) is 6. The number of fused-ring (bicyclic) bond motifs is 1. The van der Waals surface area contributed by atoms with E-state index in [4.69, 9.17) is 4.98 Å². The minimum absolute atomic E-state index is 0.0804. The van der Waals surface area contributed by atoms with E-state index in [0.717, 1.165) is 53.8 Å². The summed E-state index contributed by atoms with van der Waals surface area (Å²) in [5.41, 5.74) is 4.01. The molecule has 158 valence electrons. The molecule has 0 atom stereocenters. The molecule has 0 spiro atoms. The maximum atomic E-state index is 14.3. The number of pyridine rings is 1. The van der Waals surface area contributed by atoms with Gasteiger partial charge in [-0.05, 0) is 61.9 Å². The van der Waals surface area contributed by atoms with Crippen LogP contribution in [0.15, 0.2) is 12.1 Å². The zero-order chi connectivity index (χ0) is 20.7. The molecule has 3 aromatic rings. The Hall–Kier alpha value is -2.42. The highest BCUT2D eigenvalue weighted by Gasteiger charge is 2.38. The third-order valence-corrected chi connectivity index (χ3v) is 6.97. The smallest absolute Gasteiger partial charge is 0.265 e. The van der Waals surface area contributed by atoms with Crippen LogP contribution in [0.5, 0.6) is 0 Å². The molecule has 30 heavy (non-hydrogen) atoms. The number of nitrogens with one attached hydrogen (secondary N) is 1. The van der Waals surface area contributed by atoms with Gasteiger partial charge in [0.05, 0.1) is 12.1 Å². The van der Waals surface area contributed by atoms with Crippen LogP contribution in [0.1, 0.15) is 48.2 Å². The summed E-state index contributed by atoms with van der Waals surface area (Å²) in [7, 11) is 0. The van der Waals surface area contributed by atoms with Gasteiger partial charge in [0, 0.05) is 34.0 Å². The third kappa shape index (κ3) is 3.59. The largest absolute Gasteiger partial charge is 0.350 e. The van der Waals surface area contributed by atoms with Crippen molar-refractivity contribution in [2.75, 3.05) is 18.0 Å². The summed E-state index contributed by atoms with van der Waals surface area (Å²) in [6, 6.07) is 4.21. The first-order valence-corrected chi connectivity index (χ1v) is 11.3. The van der Waals surface area contributed by atoms with E-state index < -0.39 is 5.92 Å². The minimum Gasteiger partial charge on any atom is -0.350 e. The molecule has 0 bridgehead atoms. The Labute approximate surface area is 177 Å². The van der Waals surface area contributed by atoms with Crippen LogP contribution in [0, 0.1) is 6.92 Å². The average Bonchev–Trinajstić information content (AvgIpc) is 3.33. The van der Waals surface area contributed by atoms with Crippen molar-refractivity contribution in [2.24, 2.45) is 0 Å². The molecule has 1 N–H and O–H groups in total. The van der Waals surface area contributed by atoms with Gasteiger partial charge in [0.2, 0.25) is 5.82 Å². The molecule has 1 fully saturated rings. The number of alkyl halides is 2. The van der Waals surface area contributed by atoms with E-state index in [-0.39, 0.29) is 13.0 Å². The lowest BCUT2D eigenvalue weighted by Crippen LogP contribution is -2.43. The fourth-order valence-corrected chi connectivity index (χ4v) is 5.55. The molecule has 0 radical (unpaired) electrons. The molecule has 0 unspecified atom stereocenters. The maximum Gasteiger partial charge on any atom is 0.265 e. The lowest BCUT2D eigenvalue weighted by molar-refractivity contribution is -0.0118. The molecule has 0 aromatic carbocycles. The van der Waals surface area contributed by atoms with Gasteiger partial charge in [-0.3, -0.25) is 0 Å². The number of H-pyrrole nitrogens is 1. The van der Waals surface area contributed by atoms with Gasteiger partial charge < -0.3 is 4.90 Å². The van der Waals surface area contributed by atoms with Crippen LogP contribution in [-0.2, 0) is 12.8 Å². The fraction of sp³-hybridized carbons (Fsp3) is 0.524. The van der Waals surface area contributed by atoms with Gasteiger partial charge in [-0.15, -0.1) is 21.5 Å². The number of nitrogens with zero attached hydrogens (tertiary/aromatic N) is 5. The van der Waals surface area contributed by atoms with Crippen molar-refractivity contribution >= 4 is 17.2 Å². The SMILES string of the molecule is Cc1ccc(-c2c3c(nc(N4CCCC(F)(F)C4)c2-c2nn[nH]n2)CCCCC3)s1. The molecule has 4 heterocycles. The molecule has 1 aliphatic heterocycles. The van der Waals surface area contributed by atoms with Gasteiger partial charge in [-0.25, -0.2) is 13.8 Å². The summed E-state index contributed by atoms with van der Waals surface area (Å²) in [4.78, 5) is 9.03. The summed E-state index contributed by atoms with van der Waals surface area (Å²) >= 11 is 1.71. The number of thiophene rings is 1. The molecule has 3 aromatic heterocycles. The zero-order valence-electron chi connectivity index (χ0n) is 16.9. The van der Waals surface area contributed by atoms with E-state index in [1.165, 1.54) is 10.4 Å². The van der Waals surface area contributed by atoms with Crippen molar-refractivity contribution in [1.82, 2.24) is 25.6 Å². The highest BCUT2D eigenvalue weighted by atomic mass is 32.1. The second-order valence-corrected chi connectivity index (χ2v) is 9.49. The third-order valence-electron chi connectivity index (χ3n) is 5.95. The van der Waals surface area contributed by atoms with Crippen molar-refractivity contribution in [3.8, 4) is 21.8 Å².